The maximum atomic E-state index is 13.4. The maximum Gasteiger partial charge on any atom is 0.319 e. The molecule has 1 aliphatic heterocycles. The van der Waals surface area contributed by atoms with Crippen LogP contribution < -0.4 is 10.6 Å². The molecule has 168 valence electrons. The molecule has 0 fully saturated rings. The Morgan fingerprint density at radius 1 is 1.25 bits per heavy atom. The molecule has 0 saturated carbocycles. The summed E-state index contributed by atoms with van der Waals surface area (Å²) in [6.45, 7) is 7.04. The number of nitrogens with zero attached hydrogens (tertiary/aromatic N) is 5. The number of benzene rings is 1. The van der Waals surface area contributed by atoms with Gasteiger partial charge in [-0.1, -0.05) is 30.3 Å². The van der Waals surface area contributed by atoms with Gasteiger partial charge in [0.1, 0.15) is 11.6 Å². The first kappa shape index (κ1) is 21.8. The standard InChI is InChI=1S/C23H30N8O/c1-15-24-12-11-19(25-15)27-21-17-13-31(23(2,3)20(17)28-29-21)22(32)26-18(14-30(4)5)16-9-7-6-8-10-16/h6-12,18H,13-14H2,1-5H3,(H,26,32)(H2,24,25,27,28,29)/t18-/m1/s1. The van der Waals surface area contributed by atoms with Crippen LogP contribution in [0.2, 0.25) is 0 Å². The second-order valence-corrected chi connectivity index (χ2v) is 8.86. The zero-order chi connectivity index (χ0) is 22.9. The largest absolute Gasteiger partial charge is 0.330 e. The lowest BCUT2D eigenvalue weighted by atomic mass is 10.0. The van der Waals surface area contributed by atoms with E-state index in [9.17, 15) is 4.79 Å². The SMILES string of the molecule is Cc1nccc(Nc2n[nH]c3c2CN(C(=O)N[C@H](CN(C)C)c2ccccc2)C3(C)C)n1. The number of nitrogens with one attached hydrogen (secondary N) is 3. The van der Waals surface area contributed by atoms with Gasteiger partial charge >= 0.3 is 6.03 Å². The van der Waals surface area contributed by atoms with Crippen molar-refractivity contribution < 1.29 is 4.79 Å². The van der Waals surface area contributed by atoms with E-state index >= 15 is 0 Å². The summed E-state index contributed by atoms with van der Waals surface area (Å²) in [7, 11) is 4.01. The maximum absolute atomic E-state index is 13.4. The van der Waals surface area contributed by atoms with Crippen LogP contribution in [-0.4, -0.2) is 56.6 Å². The van der Waals surface area contributed by atoms with Crippen LogP contribution in [0.15, 0.2) is 42.6 Å². The number of carbonyl (C=O) groups excluding carboxylic acids is 1. The number of hydrogen-bond donors (Lipinski definition) is 3. The van der Waals surface area contributed by atoms with E-state index in [2.05, 4.69) is 35.7 Å². The van der Waals surface area contributed by atoms with E-state index in [1.165, 1.54) is 0 Å². The number of fused-ring (bicyclic) bond motifs is 1. The van der Waals surface area contributed by atoms with Crippen LogP contribution in [0.25, 0.3) is 0 Å². The lowest BCUT2D eigenvalue weighted by molar-refractivity contribution is 0.138. The van der Waals surface area contributed by atoms with E-state index in [1.807, 2.05) is 70.1 Å². The van der Waals surface area contributed by atoms with Crippen molar-refractivity contribution in [3.8, 4) is 0 Å². The first-order valence-corrected chi connectivity index (χ1v) is 10.7. The Morgan fingerprint density at radius 3 is 2.69 bits per heavy atom. The van der Waals surface area contributed by atoms with Gasteiger partial charge in [0, 0.05) is 18.3 Å². The van der Waals surface area contributed by atoms with Crippen LogP contribution in [0, 0.1) is 6.92 Å². The third-order valence-electron chi connectivity index (χ3n) is 5.78. The summed E-state index contributed by atoms with van der Waals surface area (Å²) in [5, 5.41) is 14.1. The Hall–Kier alpha value is -3.46. The number of likely N-dealkylation sites (N-methyl/N-ethyl adjacent to an activating group) is 1. The minimum atomic E-state index is -0.534. The highest BCUT2D eigenvalue weighted by atomic mass is 16.2. The molecule has 4 rings (SSSR count). The van der Waals surface area contributed by atoms with Gasteiger partial charge < -0.3 is 20.4 Å². The van der Waals surface area contributed by atoms with Gasteiger partial charge in [0.2, 0.25) is 0 Å². The molecule has 0 radical (unpaired) electrons. The molecule has 1 aromatic carbocycles. The van der Waals surface area contributed by atoms with Crippen LogP contribution in [0.3, 0.4) is 0 Å². The van der Waals surface area contributed by atoms with Gasteiger partial charge in [-0.05, 0) is 46.5 Å². The van der Waals surface area contributed by atoms with Crippen molar-refractivity contribution in [1.29, 1.82) is 0 Å². The number of urea groups is 1. The molecule has 0 unspecified atom stereocenters. The number of anilines is 2. The summed E-state index contributed by atoms with van der Waals surface area (Å²) in [6.07, 6.45) is 1.70. The molecule has 1 atom stereocenters. The molecule has 3 N–H and O–H groups in total. The second kappa shape index (κ2) is 8.58. The summed E-state index contributed by atoms with van der Waals surface area (Å²) in [5.74, 6) is 2.02. The van der Waals surface area contributed by atoms with E-state index in [1.54, 1.807) is 12.3 Å². The fourth-order valence-corrected chi connectivity index (χ4v) is 4.10. The zero-order valence-corrected chi connectivity index (χ0v) is 19.2. The van der Waals surface area contributed by atoms with Crippen LogP contribution in [0.1, 0.15) is 42.5 Å². The number of aryl methyl sites for hydroxylation is 1. The van der Waals surface area contributed by atoms with Crippen molar-refractivity contribution in [2.75, 3.05) is 26.0 Å². The summed E-state index contributed by atoms with van der Waals surface area (Å²) < 4.78 is 0. The molecule has 0 spiro atoms. The lowest BCUT2D eigenvalue weighted by Gasteiger charge is -2.34. The Bertz CT molecular complexity index is 1090. The van der Waals surface area contributed by atoms with Gasteiger partial charge in [0.05, 0.1) is 23.8 Å². The molecule has 1 aliphatic rings. The molecule has 2 amide bonds. The first-order valence-electron chi connectivity index (χ1n) is 10.7. The third-order valence-corrected chi connectivity index (χ3v) is 5.78. The van der Waals surface area contributed by atoms with Gasteiger partial charge in [-0.3, -0.25) is 5.10 Å². The molecule has 0 aliphatic carbocycles. The number of H-pyrrole nitrogens is 1. The minimum Gasteiger partial charge on any atom is -0.330 e. The fraction of sp³-hybridized carbons (Fsp3) is 0.391. The molecule has 2 aromatic heterocycles. The van der Waals surface area contributed by atoms with Crippen molar-refractivity contribution >= 4 is 17.7 Å². The molecule has 3 aromatic rings. The average Bonchev–Trinajstić information content (AvgIpc) is 3.26. The Balaban J connectivity index is 1.54. The van der Waals surface area contributed by atoms with Gasteiger partial charge in [0.25, 0.3) is 0 Å². The predicted molar refractivity (Wildman–Crippen MR) is 123 cm³/mol. The highest BCUT2D eigenvalue weighted by molar-refractivity contribution is 5.78. The van der Waals surface area contributed by atoms with Crippen LogP contribution in [0.4, 0.5) is 16.4 Å². The minimum absolute atomic E-state index is 0.112. The van der Waals surface area contributed by atoms with Crippen molar-refractivity contribution in [2.24, 2.45) is 0 Å². The average molecular weight is 435 g/mol. The van der Waals surface area contributed by atoms with Crippen molar-refractivity contribution in [3.63, 3.8) is 0 Å². The number of hydrogen-bond acceptors (Lipinski definition) is 6. The van der Waals surface area contributed by atoms with Gasteiger partial charge in [-0.2, -0.15) is 5.10 Å². The molecular weight excluding hydrogens is 404 g/mol. The highest BCUT2D eigenvalue weighted by Gasteiger charge is 2.44. The van der Waals surface area contributed by atoms with Crippen molar-refractivity contribution in [3.05, 3.63) is 65.2 Å². The summed E-state index contributed by atoms with van der Waals surface area (Å²) in [6, 6.07) is 11.6. The van der Waals surface area contributed by atoms with E-state index in [0.29, 0.717) is 30.5 Å². The molecule has 0 saturated heterocycles. The molecular formula is C23H30N8O. The van der Waals surface area contributed by atoms with Gasteiger partial charge in [0.15, 0.2) is 5.82 Å². The topological polar surface area (TPSA) is 102 Å². The quantitative estimate of drug-likeness (QED) is 0.550. The molecule has 9 nitrogen and oxygen atoms in total. The smallest absolute Gasteiger partial charge is 0.319 e. The molecule has 0 bridgehead atoms. The van der Waals surface area contributed by atoms with Crippen molar-refractivity contribution in [2.45, 2.75) is 38.9 Å². The van der Waals surface area contributed by atoms with Crippen molar-refractivity contribution in [1.82, 2.24) is 35.3 Å². The third kappa shape index (κ3) is 4.29. The number of amides is 2. The molecule has 9 heteroatoms. The zero-order valence-electron chi connectivity index (χ0n) is 19.2. The molecule has 32 heavy (non-hydrogen) atoms. The Morgan fingerprint density at radius 2 is 2.00 bits per heavy atom. The summed E-state index contributed by atoms with van der Waals surface area (Å²) in [4.78, 5) is 25.9. The monoisotopic (exact) mass is 434 g/mol. The first-order chi connectivity index (χ1) is 15.3. The number of rotatable bonds is 6. The van der Waals surface area contributed by atoms with Crippen LogP contribution in [0.5, 0.6) is 0 Å². The lowest BCUT2D eigenvalue weighted by Crippen LogP contribution is -2.48. The Kier molecular flexibility index (Phi) is 5.84. The van der Waals surface area contributed by atoms with E-state index in [4.69, 9.17) is 0 Å². The molecule has 3 heterocycles. The van der Waals surface area contributed by atoms with E-state index in [-0.39, 0.29) is 12.1 Å². The van der Waals surface area contributed by atoms with Gasteiger partial charge in [-0.25, -0.2) is 14.8 Å². The second-order valence-electron chi connectivity index (χ2n) is 8.86. The van der Waals surface area contributed by atoms with Crippen LogP contribution in [-0.2, 0) is 12.1 Å². The normalized spacial score (nSPS) is 15.5. The van der Waals surface area contributed by atoms with Gasteiger partial charge in [-0.15, -0.1) is 0 Å². The van der Waals surface area contributed by atoms with E-state index in [0.717, 1.165) is 16.8 Å². The summed E-state index contributed by atoms with van der Waals surface area (Å²) in [5.41, 5.74) is 2.43. The fourth-order valence-electron chi connectivity index (χ4n) is 4.10. The predicted octanol–water partition coefficient (Wildman–Crippen LogP) is 3.31. The Labute approximate surface area is 188 Å². The highest BCUT2D eigenvalue weighted by Crippen LogP contribution is 2.41. The number of carbonyl (C=O) groups is 1. The number of aromatic amines is 1. The summed E-state index contributed by atoms with van der Waals surface area (Å²) >= 11 is 0. The number of aromatic nitrogens is 4. The van der Waals surface area contributed by atoms with E-state index < -0.39 is 5.54 Å². The van der Waals surface area contributed by atoms with Crippen LogP contribution >= 0.6 is 0 Å².